The van der Waals surface area contributed by atoms with Crippen LogP contribution in [-0.2, 0) is 25.5 Å². The molecule has 1 rings (SSSR count). The third-order valence-corrected chi connectivity index (χ3v) is 3.17. The molecule has 0 aromatic heterocycles. The zero-order chi connectivity index (χ0) is 17.1. The third-order valence-electron chi connectivity index (χ3n) is 3.17. The Morgan fingerprint density at radius 3 is 2.39 bits per heavy atom. The van der Waals surface area contributed by atoms with Crippen LogP contribution in [0.2, 0.25) is 0 Å². The van der Waals surface area contributed by atoms with E-state index in [1.165, 1.54) is 13.8 Å². The molecule has 23 heavy (non-hydrogen) atoms. The van der Waals surface area contributed by atoms with Crippen molar-refractivity contribution in [3.05, 3.63) is 59.7 Å². The van der Waals surface area contributed by atoms with Crippen LogP contribution in [0.5, 0.6) is 0 Å². The summed E-state index contributed by atoms with van der Waals surface area (Å²) in [7, 11) is 0. The summed E-state index contributed by atoms with van der Waals surface area (Å²) in [5.74, 6) is -0.569. The summed E-state index contributed by atoms with van der Waals surface area (Å²) in [6.45, 7) is 5.12. The molecular formula is C19H24O4. The van der Waals surface area contributed by atoms with E-state index in [0.29, 0.717) is 19.4 Å². The maximum Gasteiger partial charge on any atom is 0.303 e. The van der Waals surface area contributed by atoms with Gasteiger partial charge in [-0.05, 0) is 24.5 Å². The normalized spacial score (nSPS) is 12.9. The third kappa shape index (κ3) is 8.61. The number of benzene rings is 1. The summed E-state index contributed by atoms with van der Waals surface area (Å²) in [4.78, 5) is 22.0. The summed E-state index contributed by atoms with van der Waals surface area (Å²) in [6, 6.07) is 9.92. The summed E-state index contributed by atoms with van der Waals surface area (Å²) < 4.78 is 10.3. The molecule has 1 aromatic carbocycles. The Morgan fingerprint density at radius 1 is 1.09 bits per heavy atom. The van der Waals surface area contributed by atoms with Gasteiger partial charge >= 0.3 is 11.9 Å². The lowest BCUT2D eigenvalue weighted by Crippen LogP contribution is -2.20. The second-order valence-corrected chi connectivity index (χ2v) is 5.26. The van der Waals surface area contributed by atoms with Crippen LogP contribution < -0.4 is 0 Å². The van der Waals surface area contributed by atoms with E-state index in [4.69, 9.17) is 9.47 Å². The number of carbonyl (C=O) groups is 2. The van der Waals surface area contributed by atoms with Crippen LogP contribution in [-0.4, -0.2) is 24.6 Å². The van der Waals surface area contributed by atoms with Crippen LogP contribution in [0.1, 0.15) is 32.8 Å². The molecule has 1 unspecified atom stereocenters. The summed E-state index contributed by atoms with van der Waals surface area (Å²) in [5.41, 5.74) is 2.08. The number of esters is 2. The zero-order valence-corrected chi connectivity index (χ0v) is 14.0. The maximum absolute atomic E-state index is 11.3. The molecule has 4 heteroatoms. The number of carbonyl (C=O) groups excluding carboxylic acids is 2. The summed E-state index contributed by atoms with van der Waals surface area (Å²) >= 11 is 0. The van der Waals surface area contributed by atoms with E-state index in [2.05, 4.69) is 0 Å². The van der Waals surface area contributed by atoms with Gasteiger partial charge in [0, 0.05) is 20.3 Å². The van der Waals surface area contributed by atoms with E-state index >= 15 is 0 Å². The molecule has 124 valence electrons. The lowest BCUT2D eigenvalue weighted by Gasteiger charge is -2.17. The standard InChI is InChI=1S/C19H24O4/c1-15(10-6-5-9-13-22-16(2)20)19(23-17(3)21)14-18-11-7-4-8-12-18/h4-8,10-12,19H,9,13-14H2,1-3H3/b6-5+,15-10+. The van der Waals surface area contributed by atoms with Gasteiger partial charge in [0.05, 0.1) is 6.61 Å². The van der Waals surface area contributed by atoms with Gasteiger partial charge in [0.1, 0.15) is 6.10 Å². The predicted octanol–water partition coefficient (Wildman–Crippen LogP) is 3.62. The van der Waals surface area contributed by atoms with Crippen molar-refractivity contribution in [3.8, 4) is 0 Å². The Morgan fingerprint density at radius 2 is 1.78 bits per heavy atom. The SMILES string of the molecule is CC(=O)OCC/C=C/C=C(\C)C(Cc1ccccc1)OC(C)=O. The molecule has 0 amide bonds. The van der Waals surface area contributed by atoms with Crippen molar-refractivity contribution in [1.82, 2.24) is 0 Å². The van der Waals surface area contributed by atoms with Crippen LogP contribution in [0.25, 0.3) is 0 Å². The number of hydrogen-bond acceptors (Lipinski definition) is 4. The van der Waals surface area contributed by atoms with E-state index in [0.717, 1.165) is 11.1 Å². The maximum atomic E-state index is 11.3. The fourth-order valence-corrected chi connectivity index (χ4v) is 2.02. The van der Waals surface area contributed by atoms with Crippen molar-refractivity contribution >= 4 is 11.9 Å². The van der Waals surface area contributed by atoms with Gasteiger partial charge in [-0.2, -0.15) is 0 Å². The molecule has 0 saturated heterocycles. The molecule has 0 N–H and O–H groups in total. The number of rotatable bonds is 8. The van der Waals surface area contributed by atoms with E-state index in [1.54, 1.807) is 0 Å². The van der Waals surface area contributed by atoms with E-state index in [-0.39, 0.29) is 18.0 Å². The number of hydrogen-bond donors (Lipinski definition) is 0. The summed E-state index contributed by atoms with van der Waals surface area (Å²) in [5, 5.41) is 0. The van der Waals surface area contributed by atoms with Gasteiger partial charge in [-0.3, -0.25) is 9.59 Å². The van der Waals surface area contributed by atoms with Crippen LogP contribution in [0.3, 0.4) is 0 Å². The first-order valence-corrected chi connectivity index (χ1v) is 7.67. The highest BCUT2D eigenvalue weighted by Gasteiger charge is 2.14. The Bertz CT molecular complexity index is 558. The zero-order valence-electron chi connectivity index (χ0n) is 14.0. The molecule has 0 fully saturated rings. The quantitative estimate of drug-likeness (QED) is 0.417. The fraction of sp³-hybridized carbons (Fsp3) is 0.368. The Balaban J connectivity index is 2.62. The smallest absolute Gasteiger partial charge is 0.303 e. The molecule has 1 atom stereocenters. The molecule has 0 aliphatic heterocycles. The molecule has 0 saturated carbocycles. The van der Waals surface area contributed by atoms with Gasteiger partial charge in [-0.15, -0.1) is 0 Å². The average Bonchev–Trinajstić information content (AvgIpc) is 2.50. The number of allylic oxidation sites excluding steroid dienone is 2. The minimum absolute atomic E-state index is 0.275. The second kappa shape index (κ2) is 10.4. The van der Waals surface area contributed by atoms with Gasteiger partial charge in [0.25, 0.3) is 0 Å². The van der Waals surface area contributed by atoms with Crippen LogP contribution in [0, 0.1) is 0 Å². The van der Waals surface area contributed by atoms with Crippen molar-refractivity contribution in [2.45, 2.75) is 39.7 Å². The Hall–Kier alpha value is -2.36. The van der Waals surface area contributed by atoms with Gasteiger partial charge < -0.3 is 9.47 Å². The van der Waals surface area contributed by atoms with E-state index in [9.17, 15) is 9.59 Å². The van der Waals surface area contributed by atoms with Gasteiger partial charge in [-0.1, -0.05) is 48.6 Å². The first-order chi connectivity index (χ1) is 11.0. The molecule has 1 aromatic rings. The van der Waals surface area contributed by atoms with Gasteiger partial charge in [-0.25, -0.2) is 0 Å². The van der Waals surface area contributed by atoms with Crippen molar-refractivity contribution in [2.24, 2.45) is 0 Å². The van der Waals surface area contributed by atoms with Crippen molar-refractivity contribution in [2.75, 3.05) is 6.61 Å². The lowest BCUT2D eigenvalue weighted by atomic mass is 10.0. The minimum atomic E-state index is -0.294. The minimum Gasteiger partial charge on any atom is -0.466 e. The molecule has 0 radical (unpaired) electrons. The highest BCUT2D eigenvalue weighted by molar-refractivity contribution is 5.66. The predicted molar refractivity (Wildman–Crippen MR) is 89.8 cm³/mol. The van der Waals surface area contributed by atoms with Crippen molar-refractivity contribution in [1.29, 1.82) is 0 Å². The van der Waals surface area contributed by atoms with Crippen LogP contribution in [0.4, 0.5) is 0 Å². The van der Waals surface area contributed by atoms with E-state index in [1.807, 2.05) is 55.5 Å². The molecular weight excluding hydrogens is 292 g/mol. The summed E-state index contributed by atoms with van der Waals surface area (Å²) in [6.07, 6.45) is 6.74. The molecule has 4 nitrogen and oxygen atoms in total. The fourth-order valence-electron chi connectivity index (χ4n) is 2.02. The van der Waals surface area contributed by atoms with Crippen molar-refractivity contribution < 1.29 is 19.1 Å². The molecule has 0 aliphatic carbocycles. The Labute approximate surface area is 137 Å². The number of ether oxygens (including phenoxy) is 2. The first kappa shape index (κ1) is 18.7. The Kier molecular flexibility index (Phi) is 8.43. The molecule has 0 bridgehead atoms. The highest BCUT2D eigenvalue weighted by atomic mass is 16.5. The molecule has 0 aliphatic rings. The van der Waals surface area contributed by atoms with E-state index < -0.39 is 0 Å². The largest absolute Gasteiger partial charge is 0.466 e. The first-order valence-electron chi connectivity index (χ1n) is 7.67. The monoisotopic (exact) mass is 316 g/mol. The van der Waals surface area contributed by atoms with Gasteiger partial charge in [0.15, 0.2) is 0 Å². The van der Waals surface area contributed by atoms with Crippen LogP contribution >= 0.6 is 0 Å². The molecule has 0 heterocycles. The lowest BCUT2D eigenvalue weighted by molar-refractivity contribution is -0.144. The molecule has 0 spiro atoms. The average molecular weight is 316 g/mol. The van der Waals surface area contributed by atoms with Gasteiger partial charge in [0.2, 0.25) is 0 Å². The van der Waals surface area contributed by atoms with Crippen molar-refractivity contribution in [3.63, 3.8) is 0 Å². The second-order valence-electron chi connectivity index (χ2n) is 5.26. The topological polar surface area (TPSA) is 52.6 Å². The van der Waals surface area contributed by atoms with Crippen LogP contribution in [0.15, 0.2) is 54.1 Å². The highest BCUT2D eigenvalue weighted by Crippen LogP contribution is 2.14.